The molecule has 0 amide bonds. The van der Waals surface area contributed by atoms with Gasteiger partial charge in [0.25, 0.3) is 5.56 Å². The van der Waals surface area contributed by atoms with Crippen molar-refractivity contribution in [3.05, 3.63) is 27.2 Å². The van der Waals surface area contributed by atoms with Crippen molar-refractivity contribution in [2.45, 2.75) is 77.3 Å². The zero-order valence-corrected chi connectivity index (χ0v) is 17.0. The standard InChI is InChI=1S/C20H30N4O5/c1-3-5-7-22-17-14(18(28)23(19(22)29)8-6-4-2)24(11-21-17)13-12-9-20(12,10-25)16(27)15(13)26/h11-13,15-16,25-27H,3-10H2,1-2H3/t12-,13+,15-,16-,20+/m0/s1. The molecule has 9 nitrogen and oxygen atoms in total. The van der Waals surface area contributed by atoms with Crippen molar-refractivity contribution in [2.75, 3.05) is 6.61 Å². The van der Waals surface area contributed by atoms with Crippen LogP contribution in [0.15, 0.2) is 15.9 Å². The number of hydrogen-bond acceptors (Lipinski definition) is 6. The predicted octanol–water partition coefficient (Wildman–Crippen LogP) is 0.235. The average Bonchev–Trinajstić information content (AvgIpc) is 3.22. The lowest BCUT2D eigenvalue weighted by Gasteiger charge is -2.23. The number of aromatic nitrogens is 4. The van der Waals surface area contributed by atoms with Crippen LogP contribution in [0.25, 0.3) is 11.2 Å². The molecule has 29 heavy (non-hydrogen) atoms. The normalized spacial score (nSPS) is 30.8. The molecule has 2 aromatic heterocycles. The largest absolute Gasteiger partial charge is 0.396 e. The molecule has 0 saturated heterocycles. The highest BCUT2D eigenvalue weighted by Crippen LogP contribution is 2.67. The first-order chi connectivity index (χ1) is 13.9. The van der Waals surface area contributed by atoms with Gasteiger partial charge >= 0.3 is 5.69 Å². The molecule has 0 aromatic carbocycles. The van der Waals surface area contributed by atoms with Crippen molar-refractivity contribution in [3.63, 3.8) is 0 Å². The molecular formula is C20H30N4O5. The maximum atomic E-state index is 13.3. The minimum atomic E-state index is -1.10. The topological polar surface area (TPSA) is 123 Å². The molecule has 5 atom stereocenters. The van der Waals surface area contributed by atoms with E-state index in [1.54, 1.807) is 9.13 Å². The highest BCUT2D eigenvalue weighted by atomic mass is 16.3. The van der Waals surface area contributed by atoms with Gasteiger partial charge in [-0.05, 0) is 25.2 Å². The lowest BCUT2D eigenvalue weighted by atomic mass is 10.0. The first-order valence-corrected chi connectivity index (χ1v) is 10.6. The van der Waals surface area contributed by atoms with E-state index in [1.807, 2.05) is 13.8 Å². The number of aliphatic hydroxyl groups excluding tert-OH is 3. The van der Waals surface area contributed by atoms with Gasteiger partial charge in [0.15, 0.2) is 11.2 Å². The molecule has 0 spiro atoms. The average molecular weight is 406 g/mol. The SMILES string of the molecule is CCCCn1c(=O)c2c(ncn2[C@H]2[C@H](O)[C@H](O)[C@@]3(CO)C[C@@H]23)n(CCCC)c1=O. The van der Waals surface area contributed by atoms with Crippen LogP contribution in [-0.4, -0.2) is 52.8 Å². The minimum Gasteiger partial charge on any atom is -0.396 e. The fraction of sp³-hybridized carbons (Fsp3) is 0.750. The predicted molar refractivity (Wildman–Crippen MR) is 107 cm³/mol. The lowest BCUT2D eigenvalue weighted by molar-refractivity contribution is -0.0300. The summed E-state index contributed by atoms with van der Waals surface area (Å²) in [4.78, 5) is 30.6. The first kappa shape index (κ1) is 20.3. The summed E-state index contributed by atoms with van der Waals surface area (Å²) in [5.74, 6) is -0.130. The van der Waals surface area contributed by atoms with Crippen LogP contribution in [0.3, 0.4) is 0 Å². The van der Waals surface area contributed by atoms with E-state index >= 15 is 0 Å². The third-order valence-corrected chi connectivity index (χ3v) is 6.88. The quantitative estimate of drug-likeness (QED) is 0.577. The van der Waals surface area contributed by atoms with Crippen LogP contribution >= 0.6 is 0 Å². The van der Waals surface area contributed by atoms with Crippen molar-refractivity contribution in [2.24, 2.45) is 11.3 Å². The van der Waals surface area contributed by atoms with Gasteiger partial charge in [-0.15, -0.1) is 0 Å². The summed E-state index contributed by atoms with van der Waals surface area (Å²) < 4.78 is 4.45. The van der Waals surface area contributed by atoms with E-state index in [1.165, 1.54) is 10.9 Å². The van der Waals surface area contributed by atoms with Crippen molar-refractivity contribution >= 4 is 11.2 Å². The van der Waals surface area contributed by atoms with E-state index in [4.69, 9.17) is 0 Å². The number of aliphatic hydroxyl groups is 3. The molecule has 2 saturated carbocycles. The second kappa shape index (κ2) is 7.37. The van der Waals surface area contributed by atoms with Gasteiger partial charge in [0, 0.05) is 18.5 Å². The molecule has 160 valence electrons. The molecule has 2 aliphatic carbocycles. The van der Waals surface area contributed by atoms with Crippen LogP contribution in [0.1, 0.15) is 52.0 Å². The summed E-state index contributed by atoms with van der Waals surface area (Å²) in [5.41, 5.74) is -0.859. The monoisotopic (exact) mass is 406 g/mol. The van der Waals surface area contributed by atoms with Crippen molar-refractivity contribution in [1.82, 2.24) is 18.7 Å². The van der Waals surface area contributed by atoms with Crippen molar-refractivity contribution in [1.29, 1.82) is 0 Å². The molecule has 2 heterocycles. The number of hydrogen-bond donors (Lipinski definition) is 3. The number of imidazole rings is 1. The maximum Gasteiger partial charge on any atom is 0.332 e. The number of nitrogens with zero attached hydrogens (tertiary/aromatic N) is 4. The Morgan fingerprint density at radius 2 is 1.79 bits per heavy atom. The third-order valence-electron chi connectivity index (χ3n) is 6.88. The Balaban J connectivity index is 1.89. The van der Waals surface area contributed by atoms with Gasteiger partial charge < -0.3 is 19.9 Å². The molecule has 4 rings (SSSR count). The first-order valence-electron chi connectivity index (χ1n) is 10.6. The van der Waals surface area contributed by atoms with Crippen LogP contribution < -0.4 is 11.2 Å². The summed E-state index contributed by atoms with van der Waals surface area (Å²) in [5, 5.41) is 30.9. The summed E-state index contributed by atoms with van der Waals surface area (Å²) in [6, 6.07) is -0.549. The van der Waals surface area contributed by atoms with Crippen LogP contribution in [0, 0.1) is 11.3 Å². The Morgan fingerprint density at radius 1 is 1.14 bits per heavy atom. The number of unbranched alkanes of at least 4 members (excludes halogenated alkanes) is 2. The molecular weight excluding hydrogens is 376 g/mol. The molecule has 0 radical (unpaired) electrons. The molecule has 2 aliphatic rings. The summed E-state index contributed by atoms with van der Waals surface area (Å²) in [6.45, 7) is 4.63. The smallest absolute Gasteiger partial charge is 0.332 e. The highest BCUT2D eigenvalue weighted by molar-refractivity contribution is 5.70. The van der Waals surface area contributed by atoms with Gasteiger partial charge in [-0.3, -0.25) is 13.9 Å². The fourth-order valence-electron chi connectivity index (χ4n) is 5.01. The highest BCUT2D eigenvalue weighted by Gasteiger charge is 2.71. The van der Waals surface area contributed by atoms with E-state index in [9.17, 15) is 24.9 Å². The Hall–Kier alpha value is -1.97. The zero-order chi connectivity index (χ0) is 20.9. The number of fused-ring (bicyclic) bond motifs is 2. The second-order valence-electron chi connectivity index (χ2n) is 8.55. The number of rotatable bonds is 8. The Bertz CT molecular complexity index is 1020. The van der Waals surface area contributed by atoms with Gasteiger partial charge in [-0.1, -0.05) is 26.7 Å². The van der Waals surface area contributed by atoms with Gasteiger partial charge in [0.05, 0.1) is 25.1 Å². The molecule has 9 heteroatoms. The van der Waals surface area contributed by atoms with E-state index in [2.05, 4.69) is 4.98 Å². The van der Waals surface area contributed by atoms with Crippen molar-refractivity contribution in [3.8, 4) is 0 Å². The fourth-order valence-corrected chi connectivity index (χ4v) is 5.01. The van der Waals surface area contributed by atoms with E-state index in [0.29, 0.717) is 31.6 Å². The van der Waals surface area contributed by atoms with Gasteiger partial charge in [0.1, 0.15) is 6.10 Å². The maximum absolute atomic E-state index is 13.3. The molecule has 0 bridgehead atoms. The molecule has 3 N–H and O–H groups in total. The van der Waals surface area contributed by atoms with Gasteiger partial charge in [-0.25, -0.2) is 9.78 Å². The molecule has 0 unspecified atom stereocenters. The zero-order valence-electron chi connectivity index (χ0n) is 17.0. The van der Waals surface area contributed by atoms with Gasteiger partial charge in [-0.2, -0.15) is 0 Å². The van der Waals surface area contributed by atoms with Crippen LogP contribution in [0.2, 0.25) is 0 Å². The van der Waals surface area contributed by atoms with Crippen LogP contribution in [0.4, 0.5) is 0 Å². The van der Waals surface area contributed by atoms with E-state index in [-0.39, 0.29) is 23.7 Å². The molecule has 2 aromatic rings. The third kappa shape index (κ3) is 2.82. The second-order valence-corrected chi connectivity index (χ2v) is 8.55. The van der Waals surface area contributed by atoms with Crippen molar-refractivity contribution < 1.29 is 15.3 Å². The van der Waals surface area contributed by atoms with E-state index in [0.717, 1.165) is 19.3 Å². The summed E-state index contributed by atoms with van der Waals surface area (Å²) in [7, 11) is 0. The van der Waals surface area contributed by atoms with Crippen LogP contribution in [0.5, 0.6) is 0 Å². The molecule has 2 fully saturated rings. The Kier molecular flexibility index (Phi) is 5.16. The Labute approximate surface area is 168 Å². The Morgan fingerprint density at radius 3 is 2.38 bits per heavy atom. The minimum absolute atomic E-state index is 0.130. The van der Waals surface area contributed by atoms with E-state index < -0.39 is 29.2 Å². The lowest BCUT2D eigenvalue weighted by Crippen LogP contribution is -2.41. The number of aryl methyl sites for hydroxylation is 1. The van der Waals surface area contributed by atoms with Crippen LogP contribution in [-0.2, 0) is 13.1 Å². The summed E-state index contributed by atoms with van der Waals surface area (Å²) in [6.07, 6.45) is 3.18. The van der Waals surface area contributed by atoms with Gasteiger partial charge in [0.2, 0.25) is 0 Å². The summed E-state index contributed by atoms with van der Waals surface area (Å²) >= 11 is 0. The molecule has 0 aliphatic heterocycles.